The number of rotatable bonds is 1. The van der Waals surface area contributed by atoms with E-state index in [1.807, 2.05) is 12.5 Å². The first-order chi connectivity index (χ1) is 11.8. The number of aliphatic hydroxyl groups is 1. The molecule has 0 saturated heterocycles. The molecule has 1 fully saturated rings. The summed E-state index contributed by atoms with van der Waals surface area (Å²) in [4.78, 5) is 12.9. The molecule has 1 aliphatic heterocycles. The molecule has 1 aromatic carbocycles. The zero-order valence-corrected chi connectivity index (χ0v) is 13.0. The van der Waals surface area contributed by atoms with Crippen LogP contribution in [0.3, 0.4) is 0 Å². The van der Waals surface area contributed by atoms with Crippen molar-refractivity contribution in [1.82, 2.24) is 19.5 Å². The molecule has 6 rings (SSSR count). The summed E-state index contributed by atoms with van der Waals surface area (Å²) in [6, 6.07) is 8.65. The Bertz CT molecular complexity index is 981. The van der Waals surface area contributed by atoms with Gasteiger partial charge in [0, 0.05) is 28.4 Å². The minimum absolute atomic E-state index is 0.138. The topological polar surface area (TPSA) is 63.8 Å². The Kier molecular flexibility index (Phi) is 2.20. The molecule has 3 aliphatic rings. The molecule has 2 aromatic heterocycles. The van der Waals surface area contributed by atoms with Gasteiger partial charge in [0.2, 0.25) is 0 Å². The van der Waals surface area contributed by atoms with Gasteiger partial charge in [-0.25, -0.2) is 15.0 Å². The summed E-state index contributed by atoms with van der Waals surface area (Å²) in [7, 11) is 0. The lowest BCUT2D eigenvalue weighted by atomic mass is 9.76. The van der Waals surface area contributed by atoms with Crippen molar-refractivity contribution in [3.8, 4) is 11.3 Å². The predicted molar refractivity (Wildman–Crippen MR) is 87.0 cm³/mol. The fourth-order valence-electron chi connectivity index (χ4n) is 5.12. The summed E-state index contributed by atoms with van der Waals surface area (Å²) in [6.45, 7) is 0. The highest BCUT2D eigenvalue weighted by Gasteiger charge is 2.67. The van der Waals surface area contributed by atoms with E-state index in [9.17, 15) is 5.11 Å². The smallest absolute Gasteiger partial charge is 0.115 e. The van der Waals surface area contributed by atoms with Gasteiger partial charge in [0.15, 0.2) is 0 Å². The molecule has 0 radical (unpaired) electrons. The minimum Gasteiger partial charge on any atom is -0.388 e. The fourth-order valence-corrected chi connectivity index (χ4v) is 5.12. The molecule has 118 valence electrons. The number of imidazole rings is 1. The monoisotopic (exact) mass is 316 g/mol. The Morgan fingerprint density at radius 3 is 3.00 bits per heavy atom. The van der Waals surface area contributed by atoms with Crippen LogP contribution in [0.5, 0.6) is 0 Å². The number of hydrogen-bond donors (Lipinski definition) is 1. The van der Waals surface area contributed by atoms with Crippen LogP contribution in [-0.2, 0) is 6.42 Å². The Morgan fingerprint density at radius 1 is 1.12 bits per heavy atom. The van der Waals surface area contributed by atoms with E-state index in [1.165, 1.54) is 11.1 Å². The van der Waals surface area contributed by atoms with E-state index >= 15 is 0 Å². The van der Waals surface area contributed by atoms with Gasteiger partial charge in [0.1, 0.15) is 6.33 Å². The van der Waals surface area contributed by atoms with Crippen LogP contribution in [0.4, 0.5) is 0 Å². The first kappa shape index (κ1) is 12.8. The molecular weight excluding hydrogens is 300 g/mol. The summed E-state index contributed by atoms with van der Waals surface area (Å²) in [5, 5.41) is 11.3. The normalized spacial score (nSPS) is 31.8. The van der Waals surface area contributed by atoms with Crippen molar-refractivity contribution in [2.45, 2.75) is 25.0 Å². The molecule has 3 aromatic rings. The zero-order chi connectivity index (χ0) is 15.9. The molecule has 1 saturated carbocycles. The number of aromatic nitrogens is 4. The Balaban J connectivity index is 1.57. The molecule has 0 amide bonds. The van der Waals surface area contributed by atoms with Gasteiger partial charge in [-0.2, -0.15) is 0 Å². The summed E-state index contributed by atoms with van der Waals surface area (Å²) in [5.74, 6) is 0.460. The van der Waals surface area contributed by atoms with Gasteiger partial charge in [0.05, 0.1) is 30.4 Å². The highest BCUT2D eigenvalue weighted by molar-refractivity contribution is 5.70. The minimum atomic E-state index is -0.529. The van der Waals surface area contributed by atoms with E-state index in [0.717, 1.165) is 29.8 Å². The molecule has 4 atom stereocenters. The van der Waals surface area contributed by atoms with Crippen LogP contribution in [0.15, 0.2) is 49.3 Å². The second-order valence-electron chi connectivity index (χ2n) is 7.22. The summed E-state index contributed by atoms with van der Waals surface area (Å²) in [6.07, 6.45) is 8.63. The largest absolute Gasteiger partial charge is 0.388 e. The first-order valence-corrected chi connectivity index (χ1v) is 8.38. The fraction of sp³-hybridized carbons (Fsp3) is 0.316. The average Bonchev–Trinajstić information content (AvgIpc) is 3.00. The van der Waals surface area contributed by atoms with Crippen molar-refractivity contribution in [2.24, 2.45) is 11.3 Å². The number of benzene rings is 1. The van der Waals surface area contributed by atoms with Crippen molar-refractivity contribution < 1.29 is 5.11 Å². The highest BCUT2D eigenvalue weighted by atomic mass is 16.3. The van der Waals surface area contributed by atoms with Gasteiger partial charge in [-0.3, -0.25) is 0 Å². The maximum atomic E-state index is 11.3. The van der Waals surface area contributed by atoms with Gasteiger partial charge in [-0.15, -0.1) is 0 Å². The second kappa shape index (κ2) is 4.11. The molecule has 2 unspecified atom stereocenters. The maximum absolute atomic E-state index is 11.3. The van der Waals surface area contributed by atoms with E-state index in [0.29, 0.717) is 5.92 Å². The van der Waals surface area contributed by atoms with Gasteiger partial charge < -0.3 is 9.67 Å². The summed E-state index contributed by atoms with van der Waals surface area (Å²) < 4.78 is 2.25. The van der Waals surface area contributed by atoms with Crippen molar-refractivity contribution in [3.05, 3.63) is 66.1 Å². The van der Waals surface area contributed by atoms with Crippen LogP contribution in [-0.4, -0.2) is 24.6 Å². The Hall–Kier alpha value is -2.53. The third kappa shape index (κ3) is 1.34. The van der Waals surface area contributed by atoms with Crippen molar-refractivity contribution >= 4 is 0 Å². The third-order valence-electron chi connectivity index (χ3n) is 6.26. The number of hydrogen-bond acceptors (Lipinski definition) is 4. The Labute approximate surface area is 139 Å². The lowest BCUT2D eigenvalue weighted by Gasteiger charge is -2.35. The van der Waals surface area contributed by atoms with E-state index < -0.39 is 6.10 Å². The van der Waals surface area contributed by atoms with Crippen LogP contribution < -0.4 is 0 Å². The molecular formula is C19H16N4O. The highest BCUT2D eigenvalue weighted by Crippen LogP contribution is 2.72. The van der Waals surface area contributed by atoms with Crippen molar-refractivity contribution in [3.63, 3.8) is 0 Å². The van der Waals surface area contributed by atoms with Crippen LogP contribution in [0, 0.1) is 11.3 Å². The molecule has 0 spiro atoms. The van der Waals surface area contributed by atoms with Crippen LogP contribution in [0.25, 0.3) is 11.3 Å². The van der Waals surface area contributed by atoms with Gasteiger partial charge in [-0.1, -0.05) is 24.3 Å². The second-order valence-corrected chi connectivity index (χ2v) is 7.22. The lowest BCUT2D eigenvalue weighted by molar-refractivity contribution is 0.0491. The standard InChI is InChI=1S/C19H16N4O/c24-18-14-7-20-9-22-15(14)5-11-6-19(11,18)17-13-4-2-1-3-12(13)16-8-21-10-23(16)17/h1-4,7-11,17-18,24H,5-6H2/t11?,17-,18-,19?/m0/s1. The van der Waals surface area contributed by atoms with Crippen LogP contribution in [0.2, 0.25) is 0 Å². The van der Waals surface area contributed by atoms with Gasteiger partial charge in [0.25, 0.3) is 0 Å². The summed E-state index contributed by atoms with van der Waals surface area (Å²) in [5.41, 5.74) is 5.43. The quantitative estimate of drug-likeness (QED) is 0.749. The third-order valence-corrected chi connectivity index (χ3v) is 6.26. The predicted octanol–water partition coefficient (Wildman–Crippen LogP) is 2.54. The molecule has 5 heteroatoms. The van der Waals surface area contributed by atoms with Crippen LogP contribution >= 0.6 is 0 Å². The van der Waals surface area contributed by atoms with E-state index in [2.05, 4.69) is 43.8 Å². The first-order valence-electron chi connectivity index (χ1n) is 8.38. The molecule has 5 nitrogen and oxygen atoms in total. The molecule has 24 heavy (non-hydrogen) atoms. The van der Waals surface area contributed by atoms with Gasteiger partial charge >= 0.3 is 0 Å². The maximum Gasteiger partial charge on any atom is 0.115 e. The number of nitrogens with zero attached hydrogens (tertiary/aromatic N) is 4. The van der Waals surface area contributed by atoms with E-state index in [4.69, 9.17) is 0 Å². The van der Waals surface area contributed by atoms with Crippen molar-refractivity contribution in [2.75, 3.05) is 0 Å². The number of aliphatic hydroxyl groups excluding tert-OH is 1. The lowest BCUT2D eigenvalue weighted by Crippen LogP contribution is -2.32. The van der Waals surface area contributed by atoms with E-state index in [-0.39, 0.29) is 11.5 Å². The van der Waals surface area contributed by atoms with Crippen molar-refractivity contribution in [1.29, 1.82) is 0 Å². The molecule has 1 N–H and O–H groups in total. The summed E-state index contributed by atoms with van der Waals surface area (Å²) >= 11 is 0. The molecule has 2 aliphatic carbocycles. The van der Waals surface area contributed by atoms with Crippen LogP contribution in [0.1, 0.15) is 35.4 Å². The SMILES string of the molecule is O[C@H]1c2cncnc2CC2CC21[C@@H]1c2ccccc2-c2cncn21. The molecule has 0 bridgehead atoms. The Morgan fingerprint density at radius 2 is 2.04 bits per heavy atom. The molecule has 3 heterocycles. The zero-order valence-electron chi connectivity index (χ0n) is 13.0. The van der Waals surface area contributed by atoms with Gasteiger partial charge in [-0.05, 0) is 24.3 Å². The van der Waals surface area contributed by atoms with E-state index in [1.54, 1.807) is 12.5 Å². The number of fused-ring (bicyclic) bond motifs is 5. The average molecular weight is 316 g/mol.